The van der Waals surface area contributed by atoms with Crippen LogP contribution in [0.3, 0.4) is 0 Å². The van der Waals surface area contributed by atoms with E-state index >= 15 is 0 Å². The number of rotatable bonds is 4. The Balaban J connectivity index is 0.000000360. The third-order valence-electron chi connectivity index (χ3n) is 2.37. The lowest BCUT2D eigenvalue weighted by molar-refractivity contribution is 0.674. The van der Waals surface area contributed by atoms with Crippen molar-refractivity contribution < 1.29 is 0 Å². The van der Waals surface area contributed by atoms with Gasteiger partial charge in [0.05, 0.1) is 6.33 Å². The number of unbranched alkanes of at least 4 members (excludes halogenated alkanes) is 3. The second kappa shape index (κ2) is 9.35. The minimum atomic E-state index is -0.301. The number of nitrogen functional groups attached to an aromatic ring is 1. The summed E-state index contributed by atoms with van der Waals surface area (Å²) in [5, 5.41) is 0. The van der Waals surface area contributed by atoms with E-state index in [1.165, 1.54) is 32.0 Å². The molecule has 2 aromatic heterocycles. The van der Waals surface area contributed by atoms with E-state index in [4.69, 9.17) is 11.5 Å². The van der Waals surface area contributed by atoms with Gasteiger partial charge in [-0.2, -0.15) is 4.98 Å². The molecule has 7 nitrogen and oxygen atoms in total. The molecule has 0 aliphatic rings. The Kier molecular flexibility index (Phi) is 8.56. The molecular formula is C11H21ClN6O. The van der Waals surface area contributed by atoms with Crippen LogP contribution in [0, 0.1) is 0 Å². The van der Waals surface area contributed by atoms with Gasteiger partial charge in [0.2, 0.25) is 5.95 Å². The third kappa shape index (κ3) is 5.71. The van der Waals surface area contributed by atoms with Crippen molar-refractivity contribution >= 4 is 29.5 Å². The Morgan fingerprint density at radius 2 is 2.05 bits per heavy atom. The van der Waals surface area contributed by atoms with Gasteiger partial charge < -0.3 is 16.5 Å². The van der Waals surface area contributed by atoms with Crippen LogP contribution < -0.4 is 17.0 Å². The molecule has 0 saturated carbocycles. The summed E-state index contributed by atoms with van der Waals surface area (Å²) in [5.74, 6) is 0.0783. The molecule has 2 rings (SSSR count). The molecule has 0 bridgehead atoms. The van der Waals surface area contributed by atoms with Crippen molar-refractivity contribution in [1.29, 1.82) is 0 Å². The number of halogens is 1. The summed E-state index contributed by atoms with van der Waals surface area (Å²) in [7, 11) is 0. The summed E-state index contributed by atoms with van der Waals surface area (Å²) in [4.78, 5) is 23.5. The Morgan fingerprint density at radius 3 is 2.68 bits per heavy atom. The van der Waals surface area contributed by atoms with E-state index in [0.29, 0.717) is 11.2 Å². The predicted molar refractivity (Wildman–Crippen MR) is 79.4 cm³/mol. The van der Waals surface area contributed by atoms with Crippen LogP contribution in [0.1, 0.15) is 32.6 Å². The highest BCUT2D eigenvalue weighted by atomic mass is 35.5. The summed E-state index contributed by atoms with van der Waals surface area (Å²) in [6, 6.07) is 0. The van der Waals surface area contributed by atoms with Gasteiger partial charge in [-0.25, -0.2) is 4.98 Å². The van der Waals surface area contributed by atoms with Gasteiger partial charge in [-0.3, -0.25) is 9.78 Å². The van der Waals surface area contributed by atoms with Crippen LogP contribution in [-0.2, 0) is 0 Å². The molecule has 0 aliphatic carbocycles. The van der Waals surface area contributed by atoms with Gasteiger partial charge >= 0.3 is 0 Å². The second-order valence-corrected chi connectivity index (χ2v) is 3.90. The highest BCUT2D eigenvalue weighted by molar-refractivity contribution is 5.85. The number of aromatic nitrogens is 4. The highest BCUT2D eigenvalue weighted by Gasteiger charge is 2.01. The fourth-order valence-corrected chi connectivity index (χ4v) is 1.43. The first-order valence-electron chi connectivity index (χ1n) is 6.08. The minimum absolute atomic E-state index is 0. The molecule has 2 aromatic rings. The van der Waals surface area contributed by atoms with Crippen molar-refractivity contribution in [3.63, 3.8) is 0 Å². The number of H-pyrrole nitrogens is 2. The van der Waals surface area contributed by atoms with Crippen LogP contribution in [0.25, 0.3) is 11.2 Å². The van der Waals surface area contributed by atoms with Crippen LogP contribution >= 0.6 is 12.4 Å². The molecule has 0 spiro atoms. The number of anilines is 1. The molecular weight excluding hydrogens is 268 g/mol. The summed E-state index contributed by atoms with van der Waals surface area (Å²) < 4.78 is 0. The number of aromatic amines is 2. The van der Waals surface area contributed by atoms with Crippen molar-refractivity contribution in [2.75, 3.05) is 12.3 Å². The zero-order valence-corrected chi connectivity index (χ0v) is 11.8. The van der Waals surface area contributed by atoms with Crippen molar-refractivity contribution in [2.24, 2.45) is 5.73 Å². The molecule has 0 aliphatic heterocycles. The van der Waals surface area contributed by atoms with Crippen molar-refractivity contribution in [3.05, 3.63) is 16.7 Å². The molecule has 108 valence electrons. The second-order valence-electron chi connectivity index (χ2n) is 3.90. The van der Waals surface area contributed by atoms with E-state index in [1.807, 2.05) is 0 Å². The van der Waals surface area contributed by atoms with Crippen LogP contribution in [0.5, 0.6) is 0 Å². The first-order chi connectivity index (χ1) is 8.69. The van der Waals surface area contributed by atoms with Gasteiger partial charge in [0, 0.05) is 0 Å². The Bertz CT molecular complexity index is 519. The predicted octanol–water partition coefficient (Wildman–Crippen LogP) is 1.18. The fourth-order valence-electron chi connectivity index (χ4n) is 1.43. The van der Waals surface area contributed by atoms with E-state index in [2.05, 4.69) is 26.9 Å². The van der Waals surface area contributed by atoms with Crippen LogP contribution in [0.4, 0.5) is 5.95 Å². The number of hydrogen-bond donors (Lipinski definition) is 4. The van der Waals surface area contributed by atoms with E-state index in [-0.39, 0.29) is 23.9 Å². The van der Waals surface area contributed by atoms with E-state index < -0.39 is 0 Å². The molecule has 0 fully saturated rings. The van der Waals surface area contributed by atoms with E-state index in [0.717, 1.165) is 6.54 Å². The average Bonchev–Trinajstić information content (AvgIpc) is 2.79. The van der Waals surface area contributed by atoms with Crippen molar-refractivity contribution in [3.8, 4) is 0 Å². The smallest absolute Gasteiger partial charge is 0.278 e. The van der Waals surface area contributed by atoms with E-state index in [1.54, 1.807) is 0 Å². The molecule has 0 atom stereocenters. The maximum absolute atomic E-state index is 11.0. The van der Waals surface area contributed by atoms with Gasteiger partial charge in [0.15, 0.2) is 11.2 Å². The van der Waals surface area contributed by atoms with E-state index in [9.17, 15) is 4.79 Å². The zero-order valence-electron chi connectivity index (χ0n) is 11.0. The lowest BCUT2D eigenvalue weighted by Gasteiger charge is -1.90. The first kappa shape index (κ1) is 17.4. The summed E-state index contributed by atoms with van der Waals surface area (Å²) in [6.07, 6.45) is 6.56. The van der Waals surface area contributed by atoms with Gasteiger partial charge in [0.25, 0.3) is 5.56 Å². The van der Waals surface area contributed by atoms with Gasteiger partial charge in [-0.05, 0) is 13.0 Å². The highest BCUT2D eigenvalue weighted by Crippen LogP contribution is 1.98. The van der Waals surface area contributed by atoms with Crippen LogP contribution in [0.15, 0.2) is 11.1 Å². The Morgan fingerprint density at radius 1 is 1.32 bits per heavy atom. The molecule has 8 heteroatoms. The van der Waals surface area contributed by atoms with Crippen molar-refractivity contribution in [1.82, 2.24) is 19.9 Å². The summed E-state index contributed by atoms with van der Waals surface area (Å²) >= 11 is 0. The lowest BCUT2D eigenvalue weighted by atomic mass is 10.2. The molecule has 0 unspecified atom stereocenters. The number of nitrogens with zero attached hydrogens (tertiary/aromatic N) is 2. The van der Waals surface area contributed by atoms with Gasteiger partial charge in [-0.1, -0.05) is 26.2 Å². The number of fused-ring (bicyclic) bond motifs is 1. The van der Waals surface area contributed by atoms with Crippen molar-refractivity contribution in [2.45, 2.75) is 32.6 Å². The molecule has 6 N–H and O–H groups in total. The lowest BCUT2D eigenvalue weighted by Crippen LogP contribution is -2.10. The zero-order chi connectivity index (χ0) is 13.4. The third-order valence-corrected chi connectivity index (χ3v) is 2.37. The minimum Gasteiger partial charge on any atom is -0.369 e. The standard InChI is InChI=1S/C6H15N.C5H5N5O.ClH/c1-2-3-4-5-6-7;6-5-9-3-2(4(11)10-5)7-1-8-3;/h2-7H2,1H3;1H,(H4,6,7,8,9,10,11);1H. The molecule has 0 saturated heterocycles. The average molecular weight is 289 g/mol. The fraction of sp³-hybridized carbons (Fsp3) is 0.545. The van der Waals surface area contributed by atoms with Crippen LogP contribution in [-0.4, -0.2) is 26.5 Å². The quantitative estimate of drug-likeness (QED) is 0.628. The molecule has 2 heterocycles. The number of nitrogens with one attached hydrogen (secondary N) is 2. The topological polar surface area (TPSA) is 126 Å². The normalized spacial score (nSPS) is 9.58. The maximum atomic E-state index is 11.0. The van der Waals surface area contributed by atoms with Crippen LogP contribution in [0.2, 0.25) is 0 Å². The summed E-state index contributed by atoms with van der Waals surface area (Å²) in [6.45, 7) is 3.07. The Labute approximate surface area is 117 Å². The SMILES string of the molecule is CCCCCCN.Cl.Nc1nc2nc[nH]c2c(=O)[nH]1. The summed E-state index contributed by atoms with van der Waals surface area (Å²) in [5.41, 5.74) is 10.9. The maximum Gasteiger partial charge on any atom is 0.278 e. The molecule has 0 radical (unpaired) electrons. The molecule has 19 heavy (non-hydrogen) atoms. The number of imidazole rings is 1. The number of hydrogen-bond acceptors (Lipinski definition) is 5. The Hall–Kier alpha value is -1.60. The molecule has 0 aromatic carbocycles. The number of nitrogens with two attached hydrogens (primary N) is 2. The monoisotopic (exact) mass is 288 g/mol. The first-order valence-corrected chi connectivity index (χ1v) is 6.08. The van der Waals surface area contributed by atoms with Gasteiger partial charge in [-0.15, -0.1) is 12.4 Å². The van der Waals surface area contributed by atoms with Gasteiger partial charge in [0.1, 0.15) is 0 Å². The largest absolute Gasteiger partial charge is 0.369 e. The molecule has 0 amide bonds.